The third-order valence-corrected chi connectivity index (χ3v) is 4.62. The fourth-order valence-corrected chi connectivity index (χ4v) is 2.77. The Bertz CT molecular complexity index is 760. The van der Waals surface area contributed by atoms with E-state index in [4.69, 9.17) is 15.8 Å². The quantitative estimate of drug-likeness (QED) is 0.846. The maximum atomic E-state index is 13.3. The Kier molecular flexibility index (Phi) is 5.18. The third kappa shape index (κ3) is 4.04. The van der Waals surface area contributed by atoms with Crippen LogP contribution in [0.2, 0.25) is 5.02 Å². The Morgan fingerprint density at radius 3 is 2.45 bits per heavy atom. The second-order valence-corrected chi connectivity index (χ2v) is 6.76. The normalized spacial score (nSPS) is 13.1. The molecule has 2 aromatic carbocycles. The molecule has 0 saturated carbocycles. The highest BCUT2D eigenvalue weighted by molar-refractivity contribution is 7.86. The molecule has 118 valence electrons. The van der Waals surface area contributed by atoms with E-state index in [9.17, 15) is 17.9 Å². The topological polar surface area (TPSA) is 63.6 Å². The van der Waals surface area contributed by atoms with Crippen molar-refractivity contribution in [2.24, 2.45) is 0 Å². The van der Waals surface area contributed by atoms with Crippen LogP contribution in [0.25, 0.3) is 0 Å². The van der Waals surface area contributed by atoms with Gasteiger partial charge in [0.1, 0.15) is 11.9 Å². The van der Waals surface area contributed by atoms with Crippen molar-refractivity contribution in [3.63, 3.8) is 0 Å². The summed E-state index contributed by atoms with van der Waals surface area (Å²) in [5.74, 6) is -0.695. The van der Waals surface area contributed by atoms with Gasteiger partial charge in [-0.1, -0.05) is 35.4 Å². The van der Waals surface area contributed by atoms with Gasteiger partial charge in [0.05, 0.1) is 16.5 Å². The predicted molar refractivity (Wildman–Crippen MR) is 80.7 cm³/mol. The lowest BCUT2D eigenvalue weighted by Gasteiger charge is -2.12. The van der Waals surface area contributed by atoms with Crippen molar-refractivity contribution in [3.8, 4) is 0 Å². The summed E-state index contributed by atoms with van der Waals surface area (Å²) in [7, 11) is -3.98. The molecular weight excluding hydrogens is 331 g/mol. The van der Waals surface area contributed by atoms with Crippen molar-refractivity contribution in [1.29, 1.82) is 0 Å². The van der Waals surface area contributed by atoms with Crippen LogP contribution >= 0.6 is 11.6 Å². The van der Waals surface area contributed by atoms with Crippen LogP contribution in [0.5, 0.6) is 0 Å². The second kappa shape index (κ2) is 6.75. The molecule has 22 heavy (non-hydrogen) atoms. The molecule has 0 aliphatic rings. The molecule has 7 heteroatoms. The zero-order valence-electron chi connectivity index (χ0n) is 11.7. The standard InChI is InChI=1S/C15H14ClFO4S/c1-10-2-5-12(6-3-10)22(19,20)21-9-15(18)11-4-7-13(16)14(17)8-11/h2-8,15,18H,9H2,1H3/t15-/m1/s1. The molecule has 0 aromatic heterocycles. The van der Waals surface area contributed by atoms with Crippen molar-refractivity contribution >= 4 is 21.7 Å². The molecule has 0 amide bonds. The molecule has 0 unspecified atom stereocenters. The SMILES string of the molecule is Cc1ccc(S(=O)(=O)OC[C@@H](O)c2ccc(Cl)c(F)c2)cc1. The zero-order chi connectivity index (χ0) is 16.3. The van der Waals surface area contributed by atoms with E-state index in [2.05, 4.69) is 0 Å². The Hall–Kier alpha value is -1.47. The summed E-state index contributed by atoms with van der Waals surface area (Å²) in [5.41, 5.74) is 1.09. The molecule has 2 rings (SSSR count). The molecule has 0 fully saturated rings. The number of halogens is 2. The molecule has 0 heterocycles. The van der Waals surface area contributed by atoms with Crippen molar-refractivity contribution in [1.82, 2.24) is 0 Å². The van der Waals surface area contributed by atoms with Gasteiger partial charge < -0.3 is 5.11 Å². The second-order valence-electron chi connectivity index (χ2n) is 4.74. The lowest BCUT2D eigenvalue weighted by atomic mass is 10.1. The van der Waals surface area contributed by atoms with Crippen LogP contribution in [-0.4, -0.2) is 20.1 Å². The largest absolute Gasteiger partial charge is 0.386 e. The summed E-state index contributed by atoms with van der Waals surface area (Å²) in [6.07, 6.45) is -1.29. The molecule has 0 aliphatic heterocycles. The molecule has 0 radical (unpaired) electrons. The lowest BCUT2D eigenvalue weighted by Crippen LogP contribution is -2.13. The predicted octanol–water partition coefficient (Wildman–Crippen LogP) is 3.23. The number of hydrogen-bond donors (Lipinski definition) is 1. The van der Waals surface area contributed by atoms with Gasteiger partial charge >= 0.3 is 0 Å². The van der Waals surface area contributed by atoms with Crippen LogP contribution < -0.4 is 0 Å². The summed E-state index contributed by atoms with van der Waals surface area (Å²) in [6.45, 7) is 1.31. The van der Waals surface area contributed by atoms with Crippen LogP contribution in [-0.2, 0) is 14.3 Å². The molecule has 0 saturated heterocycles. The monoisotopic (exact) mass is 344 g/mol. The van der Waals surface area contributed by atoms with Crippen LogP contribution in [0.15, 0.2) is 47.4 Å². The molecular formula is C15H14ClFO4S. The smallest absolute Gasteiger partial charge is 0.297 e. The number of aliphatic hydroxyl groups excluding tert-OH is 1. The first-order chi connectivity index (χ1) is 10.3. The van der Waals surface area contributed by atoms with Gasteiger partial charge in [-0.05, 0) is 36.8 Å². The molecule has 0 spiro atoms. The summed E-state index contributed by atoms with van der Waals surface area (Å²) < 4.78 is 42.1. The minimum absolute atomic E-state index is 0.00686. The van der Waals surface area contributed by atoms with Gasteiger partial charge in [0, 0.05) is 0 Å². The van der Waals surface area contributed by atoms with E-state index in [1.807, 2.05) is 6.92 Å². The van der Waals surface area contributed by atoms with Crippen LogP contribution in [0, 0.1) is 12.7 Å². The highest BCUT2D eigenvalue weighted by atomic mass is 35.5. The Morgan fingerprint density at radius 1 is 1.23 bits per heavy atom. The summed E-state index contributed by atoms with van der Waals surface area (Å²) in [4.78, 5) is -0.00686. The van der Waals surface area contributed by atoms with Crippen LogP contribution in [0.4, 0.5) is 4.39 Å². The van der Waals surface area contributed by atoms with E-state index >= 15 is 0 Å². The summed E-state index contributed by atoms with van der Waals surface area (Å²) in [6, 6.07) is 9.83. The average Bonchev–Trinajstić information content (AvgIpc) is 2.48. The van der Waals surface area contributed by atoms with Gasteiger partial charge in [-0.2, -0.15) is 8.42 Å². The summed E-state index contributed by atoms with van der Waals surface area (Å²) in [5, 5.41) is 9.81. The van der Waals surface area contributed by atoms with Crippen molar-refractivity contribution in [2.45, 2.75) is 17.9 Å². The summed E-state index contributed by atoms with van der Waals surface area (Å²) >= 11 is 5.54. The third-order valence-electron chi connectivity index (χ3n) is 3.02. The Balaban J connectivity index is 2.07. The van der Waals surface area contributed by atoms with Crippen molar-refractivity contribution in [2.75, 3.05) is 6.61 Å². The lowest BCUT2D eigenvalue weighted by molar-refractivity contribution is 0.111. The first-order valence-corrected chi connectivity index (χ1v) is 8.17. The highest BCUT2D eigenvalue weighted by Gasteiger charge is 2.18. The van der Waals surface area contributed by atoms with Gasteiger partial charge in [-0.3, -0.25) is 4.18 Å². The minimum Gasteiger partial charge on any atom is -0.386 e. The average molecular weight is 345 g/mol. The van der Waals surface area contributed by atoms with Gasteiger partial charge in [-0.25, -0.2) is 4.39 Å². The molecule has 1 atom stereocenters. The number of aryl methyl sites for hydroxylation is 1. The van der Waals surface area contributed by atoms with E-state index in [1.54, 1.807) is 12.1 Å². The molecule has 0 bridgehead atoms. The van der Waals surface area contributed by atoms with Gasteiger partial charge in [0.15, 0.2) is 0 Å². The van der Waals surface area contributed by atoms with Gasteiger partial charge in [0.25, 0.3) is 10.1 Å². The minimum atomic E-state index is -3.98. The number of rotatable bonds is 5. The van der Waals surface area contributed by atoms with Crippen molar-refractivity contribution in [3.05, 3.63) is 64.4 Å². The first-order valence-electron chi connectivity index (χ1n) is 6.39. The molecule has 1 N–H and O–H groups in total. The Morgan fingerprint density at radius 2 is 1.86 bits per heavy atom. The van der Waals surface area contributed by atoms with Gasteiger partial charge in [-0.15, -0.1) is 0 Å². The molecule has 2 aromatic rings. The fraction of sp³-hybridized carbons (Fsp3) is 0.200. The molecule has 4 nitrogen and oxygen atoms in total. The number of hydrogen-bond acceptors (Lipinski definition) is 4. The highest BCUT2D eigenvalue weighted by Crippen LogP contribution is 2.22. The first kappa shape index (κ1) is 16.9. The number of benzene rings is 2. The van der Waals surface area contributed by atoms with Crippen LogP contribution in [0.3, 0.4) is 0 Å². The van der Waals surface area contributed by atoms with E-state index in [0.29, 0.717) is 0 Å². The maximum absolute atomic E-state index is 13.3. The Labute approximate surface area is 133 Å². The van der Waals surface area contributed by atoms with Gasteiger partial charge in [0.2, 0.25) is 0 Å². The fourth-order valence-electron chi connectivity index (χ4n) is 1.74. The van der Waals surface area contributed by atoms with E-state index < -0.39 is 28.6 Å². The van der Waals surface area contributed by atoms with Crippen LogP contribution in [0.1, 0.15) is 17.2 Å². The molecule has 0 aliphatic carbocycles. The number of aliphatic hydroxyl groups is 1. The van der Waals surface area contributed by atoms with Crippen molar-refractivity contribution < 1.29 is 22.1 Å². The zero-order valence-corrected chi connectivity index (χ0v) is 13.2. The van der Waals surface area contributed by atoms with E-state index in [1.165, 1.54) is 24.3 Å². The maximum Gasteiger partial charge on any atom is 0.297 e. The van der Waals surface area contributed by atoms with E-state index in [-0.39, 0.29) is 15.5 Å². The van der Waals surface area contributed by atoms with E-state index in [0.717, 1.165) is 11.6 Å².